The minimum atomic E-state index is -6.12. The number of halogens is 7. The number of carbonyl (C=O) groups excluding carboxylic acids is 2. The molecule has 2 rings (SSSR count). The first-order valence-electron chi connectivity index (χ1n) is 9.72. The van der Waals surface area contributed by atoms with Gasteiger partial charge < -0.3 is 20.3 Å². The number of benzene rings is 2. The average Bonchev–Trinajstić information content (AvgIpc) is 2.74. The van der Waals surface area contributed by atoms with Gasteiger partial charge in [0.25, 0.3) is 5.60 Å². The van der Waals surface area contributed by atoms with Crippen LogP contribution >= 0.6 is 22.9 Å². The van der Waals surface area contributed by atoms with E-state index in [9.17, 15) is 35.9 Å². The van der Waals surface area contributed by atoms with Crippen LogP contribution in [0.2, 0.25) is 0 Å². The number of aliphatic hydroxyl groups is 1. The molecule has 0 saturated carbocycles. The summed E-state index contributed by atoms with van der Waals surface area (Å²) in [5.41, 5.74) is -1.75. The van der Waals surface area contributed by atoms with E-state index in [1.165, 1.54) is 24.3 Å². The van der Waals surface area contributed by atoms with Crippen molar-refractivity contribution in [1.82, 2.24) is 3.53 Å². The Morgan fingerprint density at radius 2 is 1.49 bits per heavy atom. The standard InChI is InChI=1S/C21H21F6IN2O5/c1-17(2,18(3,29)30-28)16(32)35-14-7-6-11-8-13(5-4-12(11)9-14)15(31)34-10-19(33,20(22,23)24)21(25,26)27/h4-9,30,33H,10,29H2,1-3H3. The van der Waals surface area contributed by atoms with Crippen molar-refractivity contribution in [3.05, 3.63) is 42.0 Å². The van der Waals surface area contributed by atoms with E-state index < -0.39 is 47.6 Å². The van der Waals surface area contributed by atoms with Crippen molar-refractivity contribution < 1.29 is 50.5 Å². The van der Waals surface area contributed by atoms with Crippen LogP contribution in [0.25, 0.3) is 10.8 Å². The summed E-state index contributed by atoms with van der Waals surface area (Å²) in [7, 11) is 0. The minimum absolute atomic E-state index is 0.135. The first kappa shape index (κ1) is 29.1. The largest absolute Gasteiger partial charge is 0.458 e. The minimum Gasteiger partial charge on any atom is -0.458 e. The summed E-state index contributed by atoms with van der Waals surface area (Å²) >= 11 is 1.81. The maximum absolute atomic E-state index is 12.7. The molecule has 0 saturated heterocycles. The number of hydrogen-bond donors (Lipinski definition) is 3. The van der Waals surface area contributed by atoms with E-state index >= 15 is 0 Å². The van der Waals surface area contributed by atoms with E-state index in [4.69, 9.17) is 15.6 Å². The van der Waals surface area contributed by atoms with Gasteiger partial charge in [-0.2, -0.15) is 26.3 Å². The number of alkyl halides is 6. The summed E-state index contributed by atoms with van der Waals surface area (Å²) in [4.78, 5) is 24.7. The Morgan fingerprint density at radius 1 is 0.971 bits per heavy atom. The van der Waals surface area contributed by atoms with Gasteiger partial charge in [0.1, 0.15) is 12.4 Å². The van der Waals surface area contributed by atoms with Gasteiger partial charge in [0.05, 0.1) is 16.6 Å². The highest BCUT2D eigenvalue weighted by Gasteiger charge is 2.71. The van der Waals surface area contributed by atoms with Gasteiger partial charge in [-0.1, -0.05) is 12.1 Å². The molecule has 35 heavy (non-hydrogen) atoms. The highest BCUT2D eigenvalue weighted by atomic mass is 127. The van der Waals surface area contributed by atoms with E-state index in [0.29, 0.717) is 10.8 Å². The highest BCUT2D eigenvalue weighted by molar-refractivity contribution is 14.1. The van der Waals surface area contributed by atoms with Gasteiger partial charge in [0.2, 0.25) is 0 Å². The molecule has 0 aliphatic carbocycles. The van der Waals surface area contributed by atoms with E-state index in [1.807, 2.05) is 22.9 Å². The Balaban J connectivity index is 2.22. The number of esters is 2. The second kappa shape index (κ2) is 9.71. The van der Waals surface area contributed by atoms with Crippen LogP contribution in [-0.4, -0.2) is 47.3 Å². The molecule has 2 aromatic rings. The van der Waals surface area contributed by atoms with Crippen LogP contribution in [-0.2, 0) is 9.53 Å². The van der Waals surface area contributed by atoms with Crippen LogP contribution < -0.4 is 14.0 Å². The Hall–Kier alpha value is -2.17. The van der Waals surface area contributed by atoms with Crippen LogP contribution in [0.5, 0.6) is 5.75 Å². The summed E-state index contributed by atoms with van der Waals surface area (Å²) < 4.78 is 88.8. The van der Waals surface area contributed by atoms with Crippen molar-refractivity contribution in [3.63, 3.8) is 0 Å². The maximum atomic E-state index is 12.7. The Bertz CT molecular complexity index is 1100. The number of hydrogen-bond acceptors (Lipinski definition) is 7. The topological polar surface area (TPSA) is 111 Å². The van der Waals surface area contributed by atoms with E-state index in [0.717, 1.165) is 12.1 Å². The maximum Gasteiger partial charge on any atom is 0.429 e. The smallest absolute Gasteiger partial charge is 0.429 e. The Labute approximate surface area is 209 Å². The molecule has 14 heteroatoms. The molecule has 0 aliphatic heterocycles. The number of fused-ring (bicyclic) bond motifs is 1. The highest BCUT2D eigenvalue weighted by Crippen LogP contribution is 2.43. The third-order valence-corrected chi connectivity index (χ3v) is 6.73. The van der Waals surface area contributed by atoms with Gasteiger partial charge in [-0.05, 0) is 55.8 Å². The molecule has 0 heterocycles. The first-order chi connectivity index (χ1) is 15.8. The molecule has 0 spiro atoms. The first-order valence-corrected chi connectivity index (χ1v) is 10.8. The van der Waals surface area contributed by atoms with Crippen LogP contribution in [0, 0.1) is 5.41 Å². The lowest BCUT2D eigenvalue weighted by Crippen LogP contribution is -2.61. The molecule has 4 N–H and O–H groups in total. The second-order valence-electron chi connectivity index (χ2n) is 8.47. The van der Waals surface area contributed by atoms with Crippen molar-refractivity contribution in [2.75, 3.05) is 6.61 Å². The molecule has 2 aromatic carbocycles. The number of rotatable bonds is 7. The van der Waals surface area contributed by atoms with Gasteiger partial charge in [-0.15, -0.1) is 0 Å². The molecule has 0 amide bonds. The van der Waals surface area contributed by atoms with Crippen molar-refractivity contribution >= 4 is 45.6 Å². The molecule has 1 atom stereocenters. The van der Waals surface area contributed by atoms with Crippen molar-refractivity contribution in [3.8, 4) is 5.75 Å². The normalized spacial score (nSPS) is 15.0. The second-order valence-corrected chi connectivity index (χ2v) is 9.01. The summed E-state index contributed by atoms with van der Waals surface area (Å²) in [6, 6.07) is 7.82. The van der Waals surface area contributed by atoms with Crippen molar-refractivity contribution in [1.29, 1.82) is 0 Å². The summed E-state index contributed by atoms with van der Waals surface area (Å²) in [6.07, 6.45) is -12.2. The summed E-state index contributed by atoms with van der Waals surface area (Å²) in [5.74, 6) is -2.02. The predicted octanol–water partition coefficient (Wildman–Crippen LogP) is 4.40. The summed E-state index contributed by atoms with van der Waals surface area (Å²) in [5, 5.41) is 9.88. The molecular weight excluding hydrogens is 601 g/mol. The van der Waals surface area contributed by atoms with Crippen molar-refractivity contribution in [2.24, 2.45) is 11.1 Å². The van der Waals surface area contributed by atoms with Gasteiger partial charge in [0.15, 0.2) is 0 Å². The molecule has 0 fully saturated rings. The van der Waals surface area contributed by atoms with E-state index in [2.05, 4.69) is 8.27 Å². The number of nitrogens with one attached hydrogen (secondary N) is 1. The molecule has 0 aromatic heterocycles. The van der Waals surface area contributed by atoms with Crippen LogP contribution in [0.3, 0.4) is 0 Å². The Kier molecular flexibility index (Phi) is 8.06. The fourth-order valence-electron chi connectivity index (χ4n) is 2.56. The predicted molar refractivity (Wildman–Crippen MR) is 120 cm³/mol. The lowest BCUT2D eigenvalue weighted by atomic mass is 9.81. The quantitative estimate of drug-likeness (QED) is 0.105. The fourth-order valence-corrected chi connectivity index (χ4v) is 3.23. The zero-order valence-corrected chi connectivity index (χ0v) is 20.6. The monoisotopic (exact) mass is 622 g/mol. The zero-order chi connectivity index (χ0) is 27.0. The van der Waals surface area contributed by atoms with Gasteiger partial charge in [-0.3, -0.25) is 4.79 Å². The molecular formula is C21H21F6IN2O5. The molecule has 1 unspecified atom stereocenters. The summed E-state index contributed by atoms with van der Waals surface area (Å²) in [6.45, 7) is 2.40. The zero-order valence-electron chi connectivity index (χ0n) is 18.5. The third kappa shape index (κ3) is 5.81. The van der Waals surface area contributed by atoms with Gasteiger partial charge in [-0.25, -0.2) is 8.32 Å². The van der Waals surface area contributed by atoms with Crippen molar-refractivity contribution in [2.45, 2.75) is 44.4 Å². The van der Waals surface area contributed by atoms with E-state index in [-0.39, 0.29) is 11.3 Å². The molecule has 7 nitrogen and oxygen atoms in total. The molecule has 0 bridgehead atoms. The molecule has 194 valence electrons. The SMILES string of the molecule is CC(N)(NI)C(C)(C)C(=O)Oc1ccc2cc(C(=O)OCC(O)(C(F)(F)F)C(F)(F)F)ccc2c1. The van der Waals surface area contributed by atoms with E-state index in [1.54, 1.807) is 20.8 Å². The van der Waals surface area contributed by atoms with Crippen LogP contribution in [0.1, 0.15) is 31.1 Å². The average molecular weight is 622 g/mol. The Morgan fingerprint density at radius 3 is 2.00 bits per heavy atom. The van der Waals surface area contributed by atoms with Gasteiger partial charge >= 0.3 is 24.3 Å². The van der Waals surface area contributed by atoms with Crippen LogP contribution in [0.4, 0.5) is 26.3 Å². The molecule has 0 radical (unpaired) electrons. The lowest BCUT2D eigenvalue weighted by molar-refractivity contribution is -0.374. The third-order valence-electron chi connectivity index (χ3n) is 5.61. The fraction of sp³-hybridized carbons (Fsp3) is 0.429. The van der Waals surface area contributed by atoms with Gasteiger partial charge in [0, 0.05) is 22.9 Å². The lowest BCUT2D eigenvalue weighted by Gasteiger charge is -2.37. The number of nitrogens with two attached hydrogens (primary N) is 1. The van der Waals surface area contributed by atoms with Crippen LogP contribution in [0.15, 0.2) is 36.4 Å². The number of ether oxygens (including phenoxy) is 2. The number of carbonyl (C=O) groups is 2. The molecule has 0 aliphatic rings.